The van der Waals surface area contributed by atoms with Gasteiger partial charge in [0.05, 0.1) is 11.1 Å². The summed E-state index contributed by atoms with van der Waals surface area (Å²) in [6.07, 6.45) is -1.98. The lowest BCUT2D eigenvalue weighted by molar-refractivity contribution is -0.137. The zero-order valence-electron chi connectivity index (χ0n) is 13.9. The first-order valence-electron chi connectivity index (χ1n) is 8.09. The monoisotopic (exact) mass is 382 g/mol. The van der Waals surface area contributed by atoms with Crippen LogP contribution in [-0.2, 0) is 19.0 Å². The molecule has 1 aliphatic rings. The van der Waals surface area contributed by atoms with Crippen LogP contribution in [0.2, 0.25) is 0 Å². The number of thiophene rings is 1. The summed E-state index contributed by atoms with van der Waals surface area (Å²) in [7, 11) is 0. The highest BCUT2D eigenvalue weighted by atomic mass is 32.1. The lowest BCUT2D eigenvalue weighted by Crippen LogP contribution is -2.19. The van der Waals surface area contributed by atoms with E-state index in [-0.39, 0.29) is 5.56 Å². The van der Waals surface area contributed by atoms with Gasteiger partial charge in [-0.3, -0.25) is 9.59 Å². The molecule has 2 amide bonds. The Balaban J connectivity index is 1.87. The fourth-order valence-corrected chi connectivity index (χ4v) is 4.50. The summed E-state index contributed by atoms with van der Waals surface area (Å²) in [6, 6.07) is 3.92. The molecule has 3 rings (SSSR count). The van der Waals surface area contributed by atoms with Crippen molar-refractivity contribution in [1.82, 2.24) is 0 Å². The normalized spacial score (nSPS) is 16.8. The molecule has 26 heavy (non-hydrogen) atoms. The van der Waals surface area contributed by atoms with Gasteiger partial charge in [0, 0.05) is 10.4 Å². The van der Waals surface area contributed by atoms with Gasteiger partial charge >= 0.3 is 6.18 Å². The van der Waals surface area contributed by atoms with Crippen molar-refractivity contribution in [2.45, 2.75) is 32.4 Å². The van der Waals surface area contributed by atoms with Crippen LogP contribution in [0.3, 0.4) is 0 Å². The predicted molar refractivity (Wildman–Crippen MR) is 93.4 cm³/mol. The molecule has 1 aromatic heterocycles. The van der Waals surface area contributed by atoms with Gasteiger partial charge in [0.15, 0.2) is 0 Å². The van der Waals surface area contributed by atoms with E-state index in [2.05, 4.69) is 12.2 Å². The van der Waals surface area contributed by atoms with Crippen LogP contribution in [0.5, 0.6) is 0 Å². The number of nitrogens with two attached hydrogens (primary N) is 1. The molecule has 8 heteroatoms. The minimum absolute atomic E-state index is 0.0770. The largest absolute Gasteiger partial charge is 0.416 e. The van der Waals surface area contributed by atoms with Gasteiger partial charge in [0.1, 0.15) is 5.00 Å². The molecule has 0 saturated carbocycles. The van der Waals surface area contributed by atoms with Crippen LogP contribution >= 0.6 is 11.3 Å². The molecule has 0 bridgehead atoms. The van der Waals surface area contributed by atoms with E-state index in [1.54, 1.807) is 0 Å². The van der Waals surface area contributed by atoms with Crippen molar-refractivity contribution in [3.05, 3.63) is 51.4 Å². The molecule has 1 unspecified atom stereocenters. The van der Waals surface area contributed by atoms with Gasteiger partial charge in [-0.2, -0.15) is 13.2 Å². The highest BCUT2D eigenvalue weighted by Crippen LogP contribution is 2.39. The number of halogens is 3. The number of amides is 2. The molecule has 0 aliphatic heterocycles. The Labute approximate surface area is 152 Å². The topological polar surface area (TPSA) is 72.2 Å². The van der Waals surface area contributed by atoms with Gasteiger partial charge in [-0.05, 0) is 55.0 Å². The highest BCUT2D eigenvalue weighted by Gasteiger charge is 2.31. The minimum atomic E-state index is -4.46. The molecule has 1 heterocycles. The van der Waals surface area contributed by atoms with Crippen molar-refractivity contribution in [3.8, 4) is 0 Å². The van der Waals surface area contributed by atoms with Crippen LogP contribution in [0.4, 0.5) is 18.2 Å². The third kappa shape index (κ3) is 3.60. The van der Waals surface area contributed by atoms with Crippen molar-refractivity contribution in [2.24, 2.45) is 11.7 Å². The number of hydrogen-bond donors (Lipinski definition) is 2. The quantitative estimate of drug-likeness (QED) is 0.833. The second kappa shape index (κ2) is 6.75. The molecule has 3 N–H and O–H groups in total. The zero-order chi connectivity index (χ0) is 19.1. The average Bonchev–Trinajstić information content (AvgIpc) is 2.91. The summed E-state index contributed by atoms with van der Waals surface area (Å²) in [5.41, 5.74) is 5.94. The van der Waals surface area contributed by atoms with Gasteiger partial charge in [0.2, 0.25) is 0 Å². The minimum Gasteiger partial charge on any atom is -0.365 e. The summed E-state index contributed by atoms with van der Waals surface area (Å²) < 4.78 is 37.9. The Kier molecular flexibility index (Phi) is 4.79. The van der Waals surface area contributed by atoms with Crippen LogP contribution in [0.15, 0.2) is 24.3 Å². The standard InChI is InChI=1S/C18H17F3N2O2S/c1-9-2-7-12-13(8-9)26-17(14(12)15(22)24)23-16(25)10-3-5-11(6-4-10)18(19,20)21/h3-6,9H,2,7-8H2,1H3,(H2,22,24)(H,23,25). The molecule has 0 fully saturated rings. The van der Waals surface area contributed by atoms with E-state index < -0.39 is 23.6 Å². The fraction of sp³-hybridized carbons (Fsp3) is 0.333. The molecule has 0 spiro atoms. The number of carbonyl (C=O) groups is 2. The van der Waals surface area contributed by atoms with Crippen molar-refractivity contribution >= 4 is 28.2 Å². The molecule has 0 saturated heterocycles. The third-order valence-electron chi connectivity index (χ3n) is 4.46. The molecule has 1 aliphatic carbocycles. The Morgan fingerprint density at radius 2 is 1.88 bits per heavy atom. The zero-order valence-corrected chi connectivity index (χ0v) is 14.8. The van der Waals surface area contributed by atoms with Gasteiger partial charge < -0.3 is 11.1 Å². The number of hydrogen-bond acceptors (Lipinski definition) is 3. The molecule has 138 valence electrons. The Morgan fingerprint density at radius 1 is 1.23 bits per heavy atom. The van der Waals surface area contributed by atoms with Crippen LogP contribution in [0, 0.1) is 5.92 Å². The van der Waals surface area contributed by atoms with Crippen molar-refractivity contribution in [3.63, 3.8) is 0 Å². The Morgan fingerprint density at radius 3 is 2.46 bits per heavy atom. The van der Waals surface area contributed by atoms with E-state index >= 15 is 0 Å². The second-order valence-electron chi connectivity index (χ2n) is 6.45. The number of carbonyl (C=O) groups excluding carboxylic acids is 2. The molecule has 1 atom stereocenters. The summed E-state index contributed by atoms with van der Waals surface area (Å²) in [6.45, 7) is 2.12. The predicted octanol–water partition coefficient (Wildman–Crippen LogP) is 4.24. The smallest absolute Gasteiger partial charge is 0.365 e. The lowest BCUT2D eigenvalue weighted by atomic mass is 9.88. The first-order chi connectivity index (χ1) is 12.2. The van der Waals surface area contributed by atoms with Gasteiger partial charge in [-0.1, -0.05) is 6.92 Å². The first-order valence-corrected chi connectivity index (χ1v) is 8.91. The van der Waals surface area contributed by atoms with Crippen molar-refractivity contribution in [2.75, 3.05) is 5.32 Å². The lowest BCUT2D eigenvalue weighted by Gasteiger charge is -2.18. The Bertz CT molecular complexity index is 857. The van der Waals surface area contributed by atoms with Crippen molar-refractivity contribution in [1.29, 1.82) is 0 Å². The maximum atomic E-state index is 12.6. The van der Waals surface area contributed by atoms with E-state index in [0.717, 1.165) is 54.0 Å². The molecule has 1 aromatic carbocycles. The van der Waals surface area contributed by atoms with E-state index in [0.29, 0.717) is 16.5 Å². The van der Waals surface area contributed by atoms with Gasteiger partial charge in [-0.25, -0.2) is 0 Å². The summed E-state index contributed by atoms with van der Waals surface area (Å²) in [4.78, 5) is 25.3. The van der Waals surface area contributed by atoms with E-state index in [1.807, 2.05) is 0 Å². The number of primary amides is 1. The number of fused-ring (bicyclic) bond motifs is 1. The Hall–Kier alpha value is -2.35. The molecular weight excluding hydrogens is 365 g/mol. The number of nitrogens with one attached hydrogen (secondary N) is 1. The SMILES string of the molecule is CC1CCc2c(sc(NC(=O)c3ccc(C(F)(F)F)cc3)c2C(N)=O)C1. The summed E-state index contributed by atoms with van der Waals surface area (Å²) in [5.74, 6) is -0.701. The van der Waals surface area contributed by atoms with Crippen LogP contribution < -0.4 is 11.1 Å². The summed E-state index contributed by atoms with van der Waals surface area (Å²) >= 11 is 1.31. The van der Waals surface area contributed by atoms with Crippen molar-refractivity contribution < 1.29 is 22.8 Å². The average molecular weight is 382 g/mol. The van der Waals surface area contributed by atoms with Gasteiger partial charge in [0.25, 0.3) is 11.8 Å². The maximum absolute atomic E-state index is 12.6. The molecule has 4 nitrogen and oxygen atoms in total. The van der Waals surface area contributed by atoms with E-state index in [4.69, 9.17) is 5.73 Å². The van der Waals surface area contributed by atoms with Crippen LogP contribution in [0.1, 0.15) is 50.1 Å². The maximum Gasteiger partial charge on any atom is 0.416 e. The third-order valence-corrected chi connectivity index (χ3v) is 5.63. The molecule has 0 radical (unpaired) electrons. The van der Waals surface area contributed by atoms with E-state index in [1.165, 1.54) is 11.3 Å². The second-order valence-corrected chi connectivity index (χ2v) is 7.55. The van der Waals surface area contributed by atoms with Gasteiger partial charge in [-0.15, -0.1) is 11.3 Å². The molecule has 2 aromatic rings. The van der Waals surface area contributed by atoms with E-state index in [9.17, 15) is 22.8 Å². The number of alkyl halides is 3. The number of anilines is 1. The first kappa shape index (κ1) is 18.4. The fourth-order valence-electron chi connectivity index (χ4n) is 3.09. The van der Waals surface area contributed by atoms with Crippen LogP contribution in [-0.4, -0.2) is 11.8 Å². The summed E-state index contributed by atoms with van der Waals surface area (Å²) in [5, 5.41) is 3.00. The highest BCUT2D eigenvalue weighted by molar-refractivity contribution is 7.17. The van der Waals surface area contributed by atoms with Crippen LogP contribution in [0.25, 0.3) is 0 Å². The molecular formula is C18H17F3N2O2S. The number of benzene rings is 1. The number of rotatable bonds is 3.